The lowest BCUT2D eigenvalue weighted by molar-refractivity contribution is -0.870. The van der Waals surface area contributed by atoms with E-state index in [1.54, 1.807) is 0 Å². The van der Waals surface area contributed by atoms with Gasteiger partial charge < -0.3 is 19.8 Å². The van der Waals surface area contributed by atoms with Crippen LogP contribution in [-0.4, -0.2) is 73.4 Å². The molecule has 0 aromatic rings. The third-order valence-corrected chi connectivity index (χ3v) is 13.0. The Morgan fingerprint density at radius 1 is 0.500 bits per heavy atom. The Bertz CT molecular complexity index is 1500. The number of aliphatic hydroxyl groups excluding tert-OH is 1. The summed E-state index contributed by atoms with van der Waals surface area (Å²) in [5.41, 5.74) is 0. The van der Waals surface area contributed by atoms with Crippen LogP contribution in [0.4, 0.5) is 0 Å². The van der Waals surface area contributed by atoms with Crippen molar-refractivity contribution in [1.29, 1.82) is 0 Å². The predicted molar refractivity (Wildman–Crippen MR) is 304 cm³/mol. The Labute approximate surface area is 431 Å². The van der Waals surface area contributed by atoms with Gasteiger partial charge in [-0.25, -0.2) is 4.57 Å². The van der Waals surface area contributed by atoms with E-state index in [2.05, 4.69) is 129 Å². The van der Waals surface area contributed by atoms with Gasteiger partial charge in [0.05, 0.1) is 39.9 Å². The van der Waals surface area contributed by atoms with Gasteiger partial charge in [0.15, 0.2) is 0 Å². The molecule has 0 radical (unpaired) electrons. The van der Waals surface area contributed by atoms with Crippen LogP contribution < -0.4 is 5.32 Å². The molecule has 0 spiro atoms. The molecule has 0 saturated heterocycles. The molecular weight excluding hydrogens is 888 g/mol. The normalized spacial score (nSPS) is 14.8. The highest BCUT2D eigenvalue weighted by Crippen LogP contribution is 2.43. The van der Waals surface area contributed by atoms with E-state index in [-0.39, 0.29) is 19.1 Å². The van der Waals surface area contributed by atoms with E-state index < -0.39 is 20.0 Å². The monoisotopic (exact) mass is 996 g/mol. The minimum atomic E-state index is -4.32. The fourth-order valence-corrected chi connectivity index (χ4v) is 8.36. The summed E-state index contributed by atoms with van der Waals surface area (Å²) in [6, 6.07) is -0.766. The van der Waals surface area contributed by atoms with Crippen molar-refractivity contribution >= 4 is 13.7 Å². The summed E-state index contributed by atoms with van der Waals surface area (Å²) in [6.07, 6.45) is 74.5. The summed E-state index contributed by atoms with van der Waals surface area (Å²) in [5, 5.41) is 13.9. The highest BCUT2D eigenvalue weighted by Gasteiger charge is 2.28. The number of phosphoric ester groups is 1. The molecule has 0 saturated carbocycles. The van der Waals surface area contributed by atoms with E-state index in [1.165, 1.54) is 96.3 Å². The van der Waals surface area contributed by atoms with E-state index in [9.17, 15) is 19.4 Å². The number of nitrogens with zero attached hydrogens (tertiary/aromatic N) is 1. The molecule has 9 heteroatoms. The Balaban J connectivity index is 3.99. The van der Waals surface area contributed by atoms with Crippen LogP contribution in [0.1, 0.15) is 219 Å². The molecule has 0 heterocycles. The lowest BCUT2D eigenvalue weighted by Gasteiger charge is -2.26. The Morgan fingerprint density at radius 2 is 0.857 bits per heavy atom. The van der Waals surface area contributed by atoms with Crippen LogP contribution in [0.15, 0.2) is 109 Å². The summed E-state index contributed by atoms with van der Waals surface area (Å²) in [7, 11) is 1.60. The second-order valence-corrected chi connectivity index (χ2v) is 21.4. The molecular formula is C61H108N2O6P+. The lowest BCUT2D eigenvalue weighted by Crippen LogP contribution is -2.46. The Hall–Kier alpha value is -2.84. The minimum Gasteiger partial charge on any atom is -0.391 e. The molecule has 0 aliphatic rings. The average Bonchev–Trinajstić information content (AvgIpc) is 3.32. The standard InChI is InChI=1S/C61H107N2O6P/c1-6-8-10-12-14-16-17-18-19-20-21-22-23-24-25-26-27-28-29-30-31-32-33-34-35-36-37-38-39-40-41-42-43-44-45-47-49-51-53-55-61(65)62-59(58-69-70(66,67)68-57-56-63(3,4)5)60(64)54-52-50-48-46-15-13-11-9-7-2/h8,10,14,16,18-19,21-22,24-25,27-28,30-31,33-34,36-37,59-60,64H,6-7,9,11-13,15,17,20,23,26,29,32,35,38-58H2,1-5H3,(H-,62,65,66,67)/p+1/b10-8-,16-14-,19-18-,22-21-,25-24-,28-27-,31-30-,34-33-,37-36-. The molecule has 0 fully saturated rings. The smallest absolute Gasteiger partial charge is 0.391 e. The molecule has 402 valence electrons. The van der Waals surface area contributed by atoms with Gasteiger partial charge in [-0.1, -0.05) is 239 Å². The molecule has 0 rings (SSSR count). The largest absolute Gasteiger partial charge is 0.472 e. The van der Waals surface area contributed by atoms with Gasteiger partial charge in [0, 0.05) is 6.42 Å². The number of hydrogen-bond donors (Lipinski definition) is 3. The van der Waals surface area contributed by atoms with Gasteiger partial charge in [0.1, 0.15) is 13.2 Å². The predicted octanol–water partition coefficient (Wildman–Crippen LogP) is 17.2. The van der Waals surface area contributed by atoms with Crippen molar-refractivity contribution in [3.63, 3.8) is 0 Å². The van der Waals surface area contributed by atoms with Gasteiger partial charge in [-0.2, -0.15) is 0 Å². The van der Waals surface area contributed by atoms with Crippen molar-refractivity contribution in [3.8, 4) is 0 Å². The molecule has 0 bridgehead atoms. The molecule has 3 atom stereocenters. The number of carbonyl (C=O) groups excluding carboxylic acids is 1. The van der Waals surface area contributed by atoms with Gasteiger partial charge in [-0.05, 0) is 83.5 Å². The van der Waals surface area contributed by atoms with Crippen molar-refractivity contribution in [2.45, 2.75) is 231 Å². The lowest BCUT2D eigenvalue weighted by atomic mass is 10.0. The number of phosphoric acid groups is 1. The first kappa shape index (κ1) is 67.2. The number of likely N-dealkylation sites (N-methyl/N-ethyl adjacent to an activating group) is 1. The number of rotatable bonds is 50. The summed E-state index contributed by atoms with van der Waals surface area (Å²) in [5.74, 6) is -0.155. The third-order valence-electron chi connectivity index (χ3n) is 12.0. The third kappa shape index (κ3) is 53.0. The number of carbonyl (C=O) groups is 1. The average molecular weight is 997 g/mol. The van der Waals surface area contributed by atoms with E-state index in [4.69, 9.17) is 9.05 Å². The molecule has 3 unspecified atom stereocenters. The highest BCUT2D eigenvalue weighted by atomic mass is 31.2. The van der Waals surface area contributed by atoms with E-state index in [0.29, 0.717) is 23.9 Å². The molecule has 0 aliphatic carbocycles. The first-order chi connectivity index (χ1) is 34.0. The zero-order chi connectivity index (χ0) is 51.3. The maximum Gasteiger partial charge on any atom is 0.472 e. The van der Waals surface area contributed by atoms with Gasteiger partial charge in [0.25, 0.3) is 0 Å². The number of aliphatic hydroxyl groups is 1. The van der Waals surface area contributed by atoms with E-state index >= 15 is 0 Å². The number of hydrogen-bond acceptors (Lipinski definition) is 5. The summed E-state index contributed by atoms with van der Waals surface area (Å²) in [4.78, 5) is 23.2. The maximum atomic E-state index is 12.9. The number of allylic oxidation sites excluding steroid dienone is 18. The first-order valence-corrected chi connectivity index (χ1v) is 29.7. The fraction of sp³-hybridized carbons (Fsp3) is 0.689. The second kappa shape index (κ2) is 51.1. The first-order valence-electron chi connectivity index (χ1n) is 28.3. The summed E-state index contributed by atoms with van der Waals surface area (Å²) in [6.45, 7) is 4.73. The molecule has 70 heavy (non-hydrogen) atoms. The molecule has 0 aromatic heterocycles. The minimum absolute atomic E-state index is 0.0696. The van der Waals surface area contributed by atoms with Crippen LogP contribution in [0, 0.1) is 0 Å². The molecule has 0 aliphatic heterocycles. The maximum absolute atomic E-state index is 12.9. The number of nitrogens with one attached hydrogen (secondary N) is 1. The van der Waals surface area contributed by atoms with Gasteiger partial charge in [-0.3, -0.25) is 13.8 Å². The van der Waals surface area contributed by atoms with Crippen LogP contribution in [0.5, 0.6) is 0 Å². The number of quaternary nitrogens is 1. The van der Waals surface area contributed by atoms with Crippen LogP contribution in [0.25, 0.3) is 0 Å². The zero-order valence-electron chi connectivity index (χ0n) is 45.7. The molecule has 0 aromatic carbocycles. The zero-order valence-corrected chi connectivity index (χ0v) is 46.6. The van der Waals surface area contributed by atoms with Crippen molar-refractivity contribution in [2.24, 2.45) is 0 Å². The number of amides is 1. The van der Waals surface area contributed by atoms with Crippen LogP contribution >= 0.6 is 7.82 Å². The Kier molecular flexibility index (Phi) is 49.0. The van der Waals surface area contributed by atoms with Gasteiger partial charge in [-0.15, -0.1) is 0 Å². The fourth-order valence-electron chi connectivity index (χ4n) is 7.63. The van der Waals surface area contributed by atoms with E-state index in [1.807, 2.05) is 21.1 Å². The van der Waals surface area contributed by atoms with Crippen LogP contribution in [-0.2, 0) is 18.4 Å². The topological polar surface area (TPSA) is 105 Å². The molecule has 3 N–H and O–H groups in total. The number of unbranched alkanes of at least 4 members (excludes halogenated alkanes) is 19. The van der Waals surface area contributed by atoms with Crippen molar-refractivity contribution in [1.82, 2.24) is 5.32 Å². The quantitative estimate of drug-likeness (QED) is 0.0243. The summed E-state index contributed by atoms with van der Waals surface area (Å²) < 4.78 is 23.6. The van der Waals surface area contributed by atoms with E-state index in [0.717, 1.165) is 96.3 Å². The van der Waals surface area contributed by atoms with Crippen LogP contribution in [0.3, 0.4) is 0 Å². The Morgan fingerprint density at radius 3 is 1.26 bits per heavy atom. The second-order valence-electron chi connectivity index (χ2n) is 19.9. The van der Waals surface area contributed by atoms with Gasteiger partial charge >= 0.3 is 7.82 Å². The van der Waals surface area contributed by atoms with Gasteiger partial charge in [0.2, 0.25) is 5.91 Å². The van der Waals surface area contributed by atoms with Crippen molar-refractivity contribution < 1.29 is 32.9 Å². The highest BCUT2D eigenvalue weighted by molar-refractivity contribution is 7.47. The molecule has 1 amide bonds. The van der Waals surface area contributed by atoms with Crippen molar-refractivity contribution in [3.05, 3.63) is 109 Å². The SMILES string of the molecule is CC/C=C\C/C=C\C/C=C\C/C=C\C/C=C\C/C=C\C/C=C\C/C=C\C/C=C\CCCCCCCCCCCCCC(=O)NC(COP(=O)(O)OCC[N+](C)(C)C)C(O)CCCCCCCCCCC. The molecule has 8 nitrogen and oxygen atoms in total. The summed E-state index contributed by atoms with van der Waals surface area (Å²) >= 11 is 0. The van der Waals surface area contributed by atoms with Crippen LogP contribution in [0.2, 0.25) is 0 Å². The van der Waals surface area contributed by atoms with Crippen molar-refractivity contribution in [2.75, 3.05) is 40.9 Å².